The van der Waals surface area contributed by atoms with Gasteiger partial charge in [0.1, 0.15) is 17.2 Å². The molecule has 2 N–H and O–H groups in total. The molecule has 0 spiro atoms. The van der Waals surface area contributed by atoms with Gasteiger partial charge in [0.15, 0.2) is 9.84 Å². The second-order valence-corrected chi connectivity index (χ2v) is 10.9. The highest BCUT2D eigenvalue weighted by Gasteiger charge is 2.30. The van der Waals surface area contributed by atoms with Crippen LogP contribution in [0.5, 0.6) is 0 Å². The highest BCUT2D eigenvalue weighted by Crippen LogP contribution is 2.25. The summed E-state index contributed by atoms with van der Waals surface area (Å²) in [6.07, 6.45) is 1.71. The van der Waals surface area contributed by atoms with Crippen molar-refractivity contribution >= 4 is 50.9 Å². The van der Waals surface area contributed by atoms with E-state index in [2.05, 4.69) is 10.6 Å². The Balaban J connectivity index is 1.59. The quantitative estimate of drug-likeness (QED) is 0.472. The molecule has 176 valence electrons. The Bertz CT molecular complexity index is 1350. The van der Waals surface area contributed by atoms with Gasteiger partial charge in [-0.1, -0.05) is 23.2 Å². The molecule has 0 radical (unpaired) electrons. The van der Waals surface area contributed by atoms with Gasteiger partial charge < -0.3 is 15.1 Å². The molecule has 1 saturated heterocycles. The zero-order valence-corrected chi connectivity index (χ0v) is 20.1. The van der Waals surface area contributed by atoms with E-state index in [0.29, 0.717) is 33.6 Å². The van der Waals surface area contributed by atoms with E-state index < -0.39 is 27.7 Å². The minimum atomic E-state index is -3.19. The number of benzene rings is 2. The van der Waals surface area contributed by atoms with E-state index in [9.17, 15) is 18.0 Å². The minimum absolute atomic E-state index is 0.0107. The third kappa shape index (κ3) is 6.08. The molecule has 10 heteroatoms. The first kappa shape index (κ1) is 24.1. The van der Waals surface area contributed by atoms with Crippen LogP contribution in [0.25, 0.3) is 17.4 Å². The first-order valence-electron chi connectivity index (χ1n) is 10.3. The Labute approximate surface area is 206 Å². The molecular weight excluding hydrogens is 499 g/mol. The van der Waals surface area contributed by atoms with Crippen LogP contribution < -0.4 is 10.6 Å². The highest BCUT2D eigenvalue weighted by molar-refractivity contribution is 7.91. The molecule has 1 fully saturated rings. The Hall–Kier alpha value is -3.07. The Morgan fingerprint density at radius 2 is 1.59 bits per heavy atom. The third-order valence-corrected chi connectivity index (χ3v) is 7.48. The lowest BCUT2D eigenvalue weighted by molar-refractivity contribution is -0.118. The number of sulfone groups is 1. The van der Waals surface area contributed by atoms with Crippen molar-refractivity contribution in [2.75, 3.05) is 11.5 Å². The summed E-state index contributed by atoms with van der Waals surface area (Å²) < 4.78 is 29.4. The second-order valence-electron chi connectivity index (χ2n) is 7.80. The summed E-state index contributed by atoms with van der Waals surface area (Å²) in [5.41, 5.74) is 1.01. The van der Waals surface area contributed by atoms with Crippen molar-refractivity contribution < 1.29 is 22.4 Å². The maximum atomic E-state index is 13.0. The van der Waals surface area contributed by atoms with Crippen LogP contribution in [0.3, 0.4) is 0 Å². The number of furan rings is 1. The molecular formula is C24H20Cl2N2O5S. The van der Waals surface area contributed by atoms with E-state index in [0.717, 1.165) is 5.56 Å². The molecule has 1 aliphatic rings. The molecule has 2 heterocycles. The van der Waals surface area contributed by atoms with Gasteiger partial charge in [0, 0.05) is 33.3 Å². The van der Waals surface area contributed by atoms with E-state index >= 15 is 0 Å². The molecule has 0 bridgehead atoms. The number of rotatable bonds is 6. The number of amides is 2. The predicted octanol–water partition coefficient (Wildman–Crippen LogP) is 4.33. The zero-order valence-electron chi connectivity index (χ0n) is 17.8. The van der Waals surface area contributed by atoms with Gasteiger partial charge in [-0.3, -0.25) is 9.59 Å². The number of carbonyl (C=O) groups is 2. The Kier molecular flexibility index (Phi) is 7.11. The van der Waals surface area contributed by atoms with Gasteiger partial charge in [0.05, 0.1) is 11.5 Å². The molecule has 34 heavy (non-hydrogen) atoms. The summed E-state index contributed by atoms with van der Waals surface area (Å²) in [5, 5.41) is 6.34. The standard InChI is InChI=1S/C24H20Cl2N2O5S/c25-17-5-1-15(2-6-17)22-10-9-20(33-22)13-21(24(30)27-19-11-12-34(31,32)14-19)28-23(29)16-3-7-18(26)8-4-16/h1-10,13,19H,11-12,14H2,(H,27,30)(H,28,29)/b21-13-/t19-/m1/s1. The van der Waals surface area contributed by atoms with Crippen molar-refractivity contribution in [2.24, 2.45) is 0 Å². The first-order valence-corrected chi connectivity index (χ1v) is 12.9. The van der Waals surface area contributed by atoms with Crippen molar-refractivity contribution in [2.45, 2.75) is 12.5 Å². The van der Waals surface area contributed by atoms with Gasteiger partial charge in [-0.15, -0.1) is 0 Å². The lowest BCUT2D eigenvalue weighted by atomic mass is 10.2. The maximum absolute atomic E-state index is 13.0. The van der Waals surface area contributed by atoms with E-state index in [1.807, 2.05) is 0 Å². The van der Waals surface area contributed by atoms with Crippen LogP contribution in [0.4, 0.5) is 0 Å². The predicted molar refractivity (Wildman–Crippen MR) is 131 cm³/mol. The van der Waals surface area contributed by atoms with Crippen LogP contribution >= 0.6 is 23.2 Å². The number of hydrogen-bond acceptors (Lipinski definition) is 5. The van der Waals surface area contributed by atoms with Gasteiger partial charge in [-0.2, -0.15) is 0 Å². The molecule has 3 aromatic rings. The topological polar surface area (TPSA) is 105 Å². The molecule has 1 aromatic heterocycles. The lowest BCUT2D eigenvalue weighted by Gasteiger charge is -2.14. The number of halogens is 2. The highest BCUT2D eigenvalue weighted by atomic mass is 35.5. The van der Waals surface area contributed by atoms with E-state index in [1.165, 1.54) is 18.2 Å². The molecule has 1 atom stereocenters. The molecule has 2 aromatic carbocycles. The Morgan fingerprint density at radius 3 is 2.21 bits per heavy atom. The minimum Gasteiger partial charge on any atom is -0.457 e. The first-order chi connectivity index (χ1) is 16.2. The summed E-state index contributed by atoms with van der Waals surface area (Å²) in [4.78, 5) is 25.7. The monoisotopic (exact) mass is 518 g/mol. The summed E-state index contributed by atoms with van der Waals surface area (Å²) in [6.45, 7) is 0. The van der Waals surface area contributed by atoms with Crippen molar-refractivity contribution in [1.29, 1.82) is 0 Å². The third-order valence-electron chi connectivity index (χ3n) is 5.21. The smallest absolute Gasteiger partial charge is 0.268 e. The second kappa shape index (κ2) is 10.0. The fraction of sp³-hybridized carbons (Fsp3) is 0.167. The summed E-state index contributed by atoms with van der Waals surface area (Å²) in [7, 11) is -3.19. The average Bonchev–Trinajstić information content (AvgIpc) is 3.40. The Morgan fingerprint density at radius 1 is 0.941 bits per heavy atom. The van der Waals surface area contributed by atoms with Crippen molar-refractivity contribution in [3.05, 3.63) is 87.7 Å². The van der Waals surface area contributed by atoms with Gasteiger partial charge in [0.25, 0.3) is 11.8 Å². The average molecular weight is 519 g/mol. The lowest BCUT2D eigenvalue weighted by Crippen LogP contribution is -2.41. The molecule has 7 nitrogen and oxygen atoms in total. The molecule has 0 saturated carbocycles. The maximum Gasteiger partial charge on any atom is 0.268 e. The number of hydrogen-bond donors (Lipinski definition) is 2. The van der Waals surface area contributed by atoms with Crippen molar-refractivity contribution in [1.82, 2.24) is 10.6 Å². The molecule has 0 aliphatic carbocycles. The van der Waals surface area contributed by atoms with Crippen LogP contribution in [0.2, 0.25) is 10.0 Å². The van der Waals surface area contributed by atoms with Crippen molar-refractivity contribution in [3.63, 3.8) is 0 Å². The summed E-state index contributed by atoms with van der Waals surface area (Å²) >= 11 is 11.8. The van der Waals surface area contributed by atoms with Gasteiger partial charge in [-0.25, -0.2) is 8.42 Å². The van der Waals surface area contributed by atoms with Crippen LogP contribution in [-0.4, -0.2) is 37.8 Å². The van der Waals surface area contributed by atoms with E-state index in [-0.39, 0.29) is 17.2 Å². The van der Waals surface area contributed by atoms with E-state index in [1.54, 1.807) is 48.5 Å². The van der Waals surface area contributed by atoms with Crippen LogP contribution in [0, 0.1) is 0 Å². The molecule has 1 aliphatic heterocycles. The fourth-order valence-electron chi connectivity index (χ4n) is 3.47. The van der Waals surface area contributed by atoms with Gasteiger partial charge in [0.2, 0.25) is 0 Å². The SMILES string of the molecule is O=C(N[C@@H]1CCS(=O)(=O)C1)/C(=C/c1ccc(-c2ccc(Cl)cc2)o1)NC(=O)c1ccc(Cl)cc1. The van der Waals surface area contributed by atoms with Crippen LogP contribution in [0.1, 0.15) is 22.5 Å². The fourth-order valence-corrected chi connectivity index (χ4v) is 5.39. The summed E-state index contributed by atoms with van der Waals surface area (Å²) in [6, 6.07) is 16.1. The molecule has 4 rings (SSSR count). The number of carbonyl (C=O) groups excluding carboxylic acids is 2. The van der Waals surface area contributed by atoms with E-state index in [4.69, 9.17) is 27.6 Å². The molecule has 0 unspecified atom stereocenters. The van der Waals surface area contributed by atoms with Crippen molar-refractivity contribution in [3.8, 4) is 11.3 Å². The largest absolute Gasteiger partial charge is 0.457 e. The molecule has 2 amide bonds. The van der Waals surface area contributed by atoms with Crippen LogP contribution in [-0.2, 0) is 14.6 Å². The zero-order chi connectivity index (χ0) is 24.3. The normalized spacial score (nSPS) is 17.4. The van der Waals surface area contributed by atoms with Gasteiger partial charge >= 0.3 is 0 Å². The number of nitrogens with one attached hydrogen (secondary N) is 2. The van der Waals surface area contributed by atoms with Gasteiger partial charge in [-0.05, 0) is 67.1 Å². The van der Waals surface area contributed by atoms with Crippen LogP contribution in [0.15, 0.2) is 70.8 Å². The summed E-state index contributed by atoms with van der Waals surface area (Å²) in [5.74, 6) is -0.398.